The number of aromatic nitrogens is 1. The number of nitrogens with zero attached hydrogens (tertiary/aromatic N) is 1. The first-order valence-corrected chi connectivity index (χ1v) is 7.03. The van der Waals surface area contributed by atoms with Crippen molar-refractivity contribution in [3.05, 3.63) is 42.1 Å². The van der Waals surface area contributed by atoms with Gasteiger partial charge in [-0.25, -0.2) is 4.39 Å². The van der Waals surface area contributed by atoms with Crippen LogP contribution in [0.2, 0.25) is 0 Å². The first kappa shape index (κ1) is 11.4. The number of rotatable bonds is 1. The Hall–Kier alpha value is -1.48. The van der Waals surface area contributed by atoms with Crippen molar-refractivity contribution < 1.29 is 4.39 Å². The van der Waals surface area contributed by atoms with Crippen LogP contribution < -0.4 is 5.32 Å². The number of benzene rings is 1. The van der Waals surface area contributed by atoms with Gasteiger partial charge in [0.05, 0.1) is 5.52 Å². The van der Waals surface area contributed by atoms with Crippen LogP contribution in [0.1, 0.15) is 31.2 Å². The summed E-state index contributed by atoms with van der Waals surface area (Å²) in [5.41, 5.74) is 0.597. The third-order valence-electron chi connectivity index (χ3n) is 4.60. The molecule has 2 unspecified atom stereocenters. The van der Waals surface area contributed by atoms with E-state index in [1.165, 1.54) is 0 Å². The van der Waals surface area contributed by atoms with Gasteiger partial charge in [0, 0.05) is 36.5 Å². The molecule has 0 amide bonds. The third kappa shape index (κ3) is 1.84. The normalized spacial score (nSPS) is 33.7. The minimum Gasteiger partial charge on any atom is -0.311 e. The van der Waals surface area contributed by atoms with Crippen LogP contribution >= 0.6 is 0 Å². The maximum Gasteiger partial charge on any atom is 0.139 e. The molecule has 98 valence electrons. The number of piperidine rings is 1. The van der Waals surface area contributed by atoms with Crippen LogP contribution in [0.4, 0.5) is 4.39 Å². The van der Waals surface area contributed by atoms with Crippen molar-refractivity contribution in [1.82, 2.24) is 10.3 Å². The number of hydrogen-bond donors (Lipinski definition) is 1. The molecule has 2 aliphatic heterocycles. The minimum absolute atomic E-state index is 0.355. The average Bonchev–Trinajstić information content (AvgIpc) is 2.78. The molecule has 2 nitrogen and oxygen atoms in total. The van der Waals surface area contributed by atoms with E-state index in [0.717, 1.165) is 29.3 Å². The molecule has 3 heteroatoms. The zero-order valence-electron chi connectivity index (χ0n) is 10.8. The fourth-order valence-electron chi connectivity index (χ4n) is 3.68. The molecule has 2 fully saturated rings. The Morgan fingerprint density at radius 3 is 2.74 bits per heavy atom. The van der Waals surface area contributed by atoms with Gasteiger partial charge in [-0.1, -0.05) is 12.1 Å². The highest BCUT2D eigenvalue weighted by Gasteiger charge is 2.45. The lowest BCUT2D eigenvalue weighted by atomic mass is 9.83. The first-order valence-electron chi connectivity index (χ1n) is 7.03. The van der Waals surface area contributed by atoms with Crippen LogP contribution in [-0.2, 0) is 5.67 Å². The summed E-state index contributed by atoms with van der Waals surface area (Å²) in [5, 5.41) is 4.53. The van der Waals surface area contributed by atoms with E-state index in [-0.39, 0.29) is 0 Å². The maximum atomic E-state index is 15.3. The third-order valence-corrected chi connectivity index (χ3v) is 4.60. The van der Waals surface area contributed by atoms with Gasteiger partial charge in [-0.3, -0.25) is 4.98 Å². The molecule has 19 heavy (non-hydrogen) atoms. The van der Waals surface area contributed by atoms with Crippen molar-refractivity contribution in [1.29, 1.82) is 0 Å². The van der Waals surface area contributed by atoms with Gasteiger partial charge in [-0.2, -0.15) is 0 Å². The molecule has 2 aromatic rings. The van der Waals surface area contributed by atoms with E-state index in [1.807, 2.05) is 30.3 Å². The van der Waals surface area contributed by atoms with Gasteiger partial charge in [0.2, 0.25) is 0 Å². The summed E-state index contributed by atoms with van der Waals surface area (Å²) in [6.07, 6.45) is 5.22. The fourth-order valence-corrected chi connectivity index (χ4v) is 3.68. The number of nitrogens with one attached hydrogen (secondary N) is 1. The molecule has 0 aliphatic carbocycles. The van der Waals surface area contributed by atoms with E-state index in [2.05, 4.69) is 10.3 Å². The zero-order chi connectivity index (χ0) is 12.9. The fraction of sp³-hybridized carbons (Fsp3) is 0.438. The number of halogens is 1. The number of fused-ring (bicyclic) bond motifs is 3. The highest BCUT2D eigenvalue weighted by molar-refractivity contribution is 5.79. The van der Waals surface area contributed by atoms with E-state index in [4.69, 9.17) is 0 Å². The van der Waals surface area contributed by atoms with Crippen LogP contribution in [0.25, 0.3) is 10.9 Å². The van der Waals surface area contributed by atoms with Crippen molar-refractivity contribution in [2.24, 2.45) is 0 Å². The topological polar surface area (TPSA) is 24.9 Å². The second-order valence-corrected chi connectivity index (χ2v) is 5.92. The highest BCUT2D eigenvalue weighted by atomic mass is 19.1. The quantitative estimate of drug-likeness (QED) is 0.846. The molecule has 0 spiro atoms. The Morgan fingerprint density at radius 1 is 1.16 bits per heavy atom. The molecule has 1 N–H and O–H groups in total. The molecule has 1 aromatic heterocycles. The number of pyridine rings is 1. The van der Waals surface area contributed by atoms with Gasteiger partial charge < -0.3 is 5.32 Å². The van der Waals surface area contributed by atoms with Gasteiger partial charge in [-0.05, 0) is 36.6 Å². The van der Waals surface area contributed by atoms with E-state index < -0.39 is 5.67 Å². The Bertz CT molecular complexity index is 613. The lowest BCUT2D eigenvalue weighted by molar-refractivity contribution is 0.0875. The van der Waals surface area contributed by atoms with Crippen molar-refractivity contribution in [3.8, 4) is 0 Å². The second-order valence-electron chi connectivity index (χ2n) is 5.92. The summed E-state index contributed by atoms with van der Waals surface area (Å²) < 4.78 is 15.3. The number of alkyl halides is 1. The summed E-state index contributed by atoms with van der Waals surface area (Å²) in [5.74, 6) is 0. The lowest BCUT2D eigenvalue weighted by Gasteiger charge is -2.35. The summed E-state index contributed by atoms with van der Waals surface area (Å²) in [6, 6.07) is 10.5. The summed E-state index contributed by atoms with van der Waals surface area (Å²) in [7, 11) is 0. The van der Waals surface area contributed by atoms with Crippen LogP contribution in [0.15, 0.2) is 36.5 Å². The van der Waals surface area contributed by atoms with Crippen LogP contribution in [-0.4, -0.2) is 17.1 Å². The summed E-state index contributed by atoms with van der Waals surface area (Å²) >= 11 is 0. The summed E-state index contributed by atoms with van der Waals surface area (Å²) in [6.45, 7) is 0. The molecule has 0 saturated carbocycles. The molecular weight excluding hydrogens is 239 g/mol. The Morgan fingerprint density at radius 2 is 1.95 bits per heavy atom. The maximum absolute atomic E-state index is 15.3. The van der Waals surface area contributed by atoms with E-state index in [9.17, 15) is 0 Å². The Labute approximate surface area is 112 Å². The first-order chi connectivity index (χ1) is 9.23. The predicted molar refractivity (Wildman–Crippen MR) is 73.7 cm³/mol. The van der Waals surface area contributed by atoms with E-state index in [0.29, 0.717) is 24.9 Å². The molecule has 2 atom stereocenters. The smallest absolute Gasteiger partial charge is 0.139 e. The van der Waals surface area contributed by atoms with Gasteiger partial charge in [0.1, 0.15) is 5.67 Å². The van der Waals surface area contributed by atoms with Crippen molar-refractivity contribution in [2.75, 3.05) is 0 Å². The molecular formula is C16H17FN2. The van der Waals surface area contributed by atoms with Gasteiger partial charge >= 0.3 is 0 Å². The van der Waals surface area contributed by atoms with Gasteiger partial charge in [0.15, 0.2) is 0 Å². The largest absolute Gasteiger partial charge is 0.311 e. The van der Waals surface area contributed by atoms with Crippen LogP contribution in [0, 0.1) is 0 Å². The standard InChI is InChI=1S/C16H17FN2/c17-16(9-13-4-5-14(10-16)19-13)12-3-6-15-11(8-12)2-1-7-18-15/h1-3,6-8,13-14,19H,4-5,9-10H2. The van der Waals surface area contributed by atoms with Gasteiger partial charge in [-0.15, -0.1) is 0 Å². The Kier molecular flexibility index (Phi) is 2.39. The van der Waals surface area contributed by atoms with Gasteiger partial charge in [0.25, 0.3) is 0 Å². The number of hydrogen-bond acceptors (Lipinski definition) is 2. The van der Waals surface area contributed by atoms with Crippen molar-refractivity contribution in [3.63, 3.8) is 0 Å². The van der Waals surface area contributed by atoms with Crippen molar-refractivity contribution >= 4 is 10.9 Å². The van der Waals surface area contributed by atoms with E-state index in [1.54, 1.807) is 6.20 Å². The second kappa shape index (κ2) is 4.01. The lowest BCUT2D eigenvalue weighted by Crippen LogP contribution is -2.44. The molecule has 4 rings (SSSR count). The molecule has 3 heterocycles. The van der Waals surface area contributed by atoms with Crippen molar-refractivity contribution in [2.45, 2.75) is 43.4 Å². The molecule has 1 aromatic carbocycles. The molecule has 2 bridgehead atoms. The predicted octanol–water partition coefficient (Wildman–Crippen LogP) is 3.31. The zero-order valence-corrected chi connectivity index (χ0v) is 10.8. The minimum atomic E-state index is -1.17. The molecule has 2 aliphatic rings. The summed E-state index contributed by atoms with van der Waals surface area (Å²) in [4.78, 5) is 4.30. The SMILES string of the molecule is FC1(c2ccc3ncccc3c2)CC2CCC(C1)N2. The van der Waals surface area contributed by atoms with Crippen LogP contribution in [0.5, 0.6) is 0 Å². The Balaban J connectivity index is 1.76. The monoisotopic (exact) mass is 256 g/mol. The van der Waals surface area contributed by atoms with E-state index >= 15 is 4.39 Å². The average molecular weight is 256 g/mol. The molecule has 2 saturated heterocycles. The molecule has 0 radical (unpaired) electrons. The highest BCUT2D eigenvalue weighted by Crippen LogP contribution is 2.44. The van der Waals surface area contributed by atoms with Crippen LogP contribution in [0.3, 0.4) is 0 Å².